The van der Waals surface area contributed by atoms with Gasteiger partial charge in [0.25, 0.3) is 0 Å². The molecule has 3 amide bonds. The number of phenols is 1. The average molecular weight is 694 g/mol. The van der Waals surface area contributed by atoms with E-state index >= 15 is 0 Å². The van der Waals surface area contributed by atoms with Gasteiger partial charge in [0.05, 0.1) is 13.8 Å². The number of alkyl carbamates (subject to hydrolysis) is 1. The van der Waals surface area contributed by atoms with Crippen molar-refractivity contribution >= 4 is 49.1 Å². The number of fused-ring (bicyclic) bond motifs is 1. The average Bonchev–Trinajstić information content (AvgIpc) is 3.26. The standard InChI is InChI=1S/C16H19N3O5S.C12H17N2O6P.2Li/c1-16(2)11(15(23)24)19-13(22)10(14(19)25-16)18-12(21)9(17)7-3-5-8(20)6-4-7;15-11(16)6-7-14-21(18,19)9-13-12(17)20-8-10-4-2-1-3-5-10;;/h3-6,9-11,14,20H,17H2,1-2H3,(H,18,21)(H,23,24);1-5H,6-9H2,(H,13,17)(H,15,16)(H2,14,18,19);;/q;;2*+1/p-2/t9?,10-,11+,14-;;;/m1.../s1. The molecular formula is C28H34Li2N5O11PS. The number of nitrogens with two attached hydrogens (primary N) is 1. The van der Waals surface area contributed by atoms with Crippen molar-refractivity contribution in [2.45, 2.75) is 55.1 Å². The van der Waals surface area contributed by atoms with Crippen LogP contribution in [0.5, 0.6) is 5.75 Å². The topological polar surface area (TPSA) is 264 Å². The number of carbonyl (C=O) groups is 5. The molecule has 7 N–H and O–H groups in total. The van der Waals surface area contributed by atoms with Gasteiger partial charge in [0.1, 0.15) is 35.9 Å². The summed E-state index contributed by atoms with van der Waals surface area (Å²) in [5, 5.41) is 35.1. The first kappa shape index (κ1) is 43.1. The predicted molar refractivity (Wildman–Crippen MR) is 161 cm³/mol. The Kier molecular flexibility index (Phi) is 16.8. The monoisotopic (exact) mass is 693 g/mol. The van der Waals surface area contributed by atoms with E-state index in [0.29, 0.717) is 5.56 Å². The maximum Gasteiger partial charge on any atom is 1.00 e. The Labute approximate surface area is 304 Å². The number of β-lactam (4-membered cyclic amide) rings is 1. The molecule has 2 heterocycles. The number of hydrogen-bond acceptors (Lipinski definition) is 12. The van der Waals surface area contributed by atoms with Crippen LogP contribution in [0.25, 0.3) is 0 Å². The van der Waals surface area contributed by atoms with Crippen LogP contribution in [0.1, 0.15) is 37.4 Å². The molecule has 0 saturated carbocycles. The normalized spacial score (nSPS) is 20.4. The number of hydrogen-bond donors (Lipinski definition) is 6. The van der Waals surface area contributed by atoms with E-state index in [1.807, 2.05) is 11.2 Å². The molecule has 20 heteroatoms. The largest absolute Gasteiger partial charge is 1.00 e. The van der Waals surface area contributed by atoms with E-state index in [-0.39, 0.29) is 56.6 Å². The van der Waals surface area contributed by atoms with Crippen LogP contribution < -0.4 is 69.2 Å². The number of phenolic OH excluding ortho intramolecular Hbond substituents is 1. The fourth-order valence-electron chi connectivity index (χ4n) is 4.55. The molecule has 0 radical (unpaired) electrons. The third kappa shape index (κ3) is 11.9. The first-order chi connectivity index (χ1) is 21.5. The van der Waals surface area contributed by atoms with E-state index in [1.165, 1.54) is 40.9 Å². The maximum atomic E-state index is 12.3. The molecule has 250 valence electrons. The number of aliphatic carboxylic acids is 2. The van der Waals surface area contributed by atoms with Gasteiger partial charge in [0.2, 0.25) is 11.8 Å². The number of nitrogens with zero attached hydrogens (tertiary/aromatic N) is 1. The first-order valence-electron chi connectivity index (χ1n) is 13.8. The zero-order valence-corrected chi connectivity index (χ0v) is 28.5. The molecule has 2 saturated heterocycles. The van der Waals surface area contributed by atoms with Crippen molar-refractivity contribution in [2.24, 2.45) is 5.73 Å². The number of thioether (sulfide) groups is 1. The van der Waals surface area contributed by atoms with Crippen LogP contribution >= 0.6 is 19.3 Å². The van der Waals surface area contributed by atoms with Crippen molar-refractivity contribution in [3.05, 3.63) is 65.7 Å². The smallest absolute Gasteiger partial charge is 0.787 e. The molecule has 48 heavy (non-hydrogen) atoms. The summed E-state index contributed by atoms with van der Waals surface area (Å²) in [5.41, 5.74) is 7.18. The molecule has 0 spiro atoms. The van der Waals surface area contributed by atoms with Gasteiger partial charge in [-0.3, -0.25) is 14.7 Å². The molecule has 2 aromatic rings. The summed E-state index contributed by atoms with van der Waals surface area (Å²) in [4.78, 5) is 70.4. The number of carboxylic acid groups (broad SMARTS) is 2. The summed E-state index contributed by atoms with van der Waals surface area (Å²) in [5.74, 6) is -3.30. The molecule has 0 aromatic heterocycles. The SMILES string of the molecule is CC1(C)S[C@@H]2[C@H](NC(=O)C(N)c3ccc(O)cc3)C(=O)N2[C@H]1C(=O)O.O=C([O-])CCNP(=O)([O-])CNC(=O)OCc1ccccc1.[Li+].[Li+]. The van der Waals surface area contributed by atoms with E-state index in [1.54, 1.807) is 38.1 Å². The molecule has 2 fully saturated rings. The molecule has 2 aliphatic rings. The Hall–Kier alpha value is -2.96. The van der Waals surface area contributed by atoms with E-state index < -0.39 is 78.3 Å². The van der Waals surface area contributed by atoms with Gasteiger partial charge >= 0.3 is 49.8 Å². The molecule has 0 bridgehead atoms. The van der Waals surface area contributed by atoms with E-state index in [0.717, 1.165) is 5.56 Å². The quantitative estimate of drug-likeness (QED) is 0.0686. The Balaban J connectivity index is 0.000000468. The Bertz CT molecular complexity index is 1490. The summed E-state index contributed by atoms with van der Waals surface area (Å²) < 4.78 is 15.6. The van der Waals surface area contributed by atoms with Crippen LogP contribution in [0.2, 0.25) is 0 Å². The predicted octanol–water partition coefficient (Wildman–Crippen LogP) is -6.82. The van der Waals surface area contributed by atoms with Crippen LogP contribution in [0, 0.1) is 0 Å². The van der Waals surface area contributed by atoms with Gasteiger partial charge in [0.15, 0.2) is 0 Å². The number of carboxylic acids is 2. The number of amides is 3. The van der Waals surface area contributed by atoms with Gasteiger partial charge in [-0.1, -0.05) is 42.5 Å². The minimum absolute atomic E-state index is 0. The second-order valence-corrected chi connectivity index (χ2v) is 14.5. The van der Waals surface area contributed by atoms with Gasteiger partial charge in [-0.25, -0.2) is 9.59 Å². The maximum absolute atomic E-state index is 12.3. The van der Waals surface area contributed by atoms with Crippen LogP contribution in [0.4, 0.5) is 4.79 Å². The van der Waals surface area contributed by atoms with Crippen LogP contribution in [0.3, 0.4) is 0 Å². The summed E-state index contributed by atoms with van der Waals surface area (Å²) in [6, 6.07) is 12.1. The Morgan fingerprint density at radius 2 is 1.71 bits per heavy atom. The first-order valence-corrected chi connectivity index (χ1v) is 16.5. The summed E-state index contributed by atoms with van der Waals surface area (Å²) in [6.07, 6.45) is -1.99. The van der Waals surface area contributed by atoms with Gasteiger partial charge in [-0.15, -0.1) is 11.8 Å². The fourth-order valence-corrected chi connectivity index (χ4v) is 7.08. The van der Waals surface area contributed by atoms with Crippen LogP contribution in [0.15, 0.2) is 54.6 Å². The molecule has 0 aliphatic carbocycles. The number of ether oxygens (including phenoxy) is 1. The molecule has 2 unspecified atom stereocenters. The zero-order chi connectivity index (χ0) is 34.2. The van der Waals surface area contributed by atoms with E-state index in [4.69, 9.17) is 10.5 Å². The van der Waals surface area contributed by atoms with Crippen molar-refractivity contribution in [3.8, 4) is 5.75 Å². The Morgan fingerprint density at radius 1 is 1.10 bits per heavy atom. The van der Waals surface area contributed by atoms with Gasteiger partial charge in [-0.2, -0.15) is 0 Å². The minimum atomic E-state index is -4.10. The van der Waals surface area contributed by atoms with Gasteiger partial charge in [-0.05, 0) is 43.5 Å². The van der Waals surface area contributed by atoms with Crippen LogP contribution in [-0.2, 0) is 35.1 Å². The summed E-state index contributed by atoms with van der Waals surface area (Å²) in [6.45, 7) is 3.27. The molecular weight excluding hydrogens is 659 g/mol. The second kappa shape index (κ2) is 18.7. The number of aromatic hydroxyl groups is 1. The van der Waals surface area contributed by atoms with Crippen molar-refractivity contribution < 1.29 is 91.2 Å². The van der Waals surface area contributed by atoms with Gasteiger partial charge < -0.3 is 55.6 Å². The number of nitrogens with one attached hydrogen (secondary N) is 3. The van der Waals surface area contributed by atoms with E-state index in [2.05, 4.69) is 10.6 Å². The van der Waals surface area contributed by atoms with Crippen molar-refractivity contribution in [1.29, 1.82) is 0 Å². The Morgan fingerprint density at radius 3 is 2.27 bits per heavy atom. The molecule has 4 rings (SSSR count). The molecule has 16 nitrogen and oxygen atoms in total. The molecule has 2 aliphatic heterocycles. The van der Waals surface area contributed by atoms with Crippen molar-refractivity contribution in [3.63, 3.8) is 0 Å². The third-order valence-electron chi connectivity index (χ3n) is 6.83. The second-order valence-electron chi connectivity index (χ2n) is 10.8. The minimum Gasteiger partial charge on any atom is -0.787 e. The van der Waals surface area contributed by atoms with E-state index in [9.17, 15) is 48.8 Å². The third-order valence-corrected chi connectivity index (χ3v) is 9.68. The molecule has 5 atom stereocenters. The fraction of sp³-hybridized carbons (Fsp3) is 0.393. The molecule has 2 aromatic carbocycles. The van der Waals surface area contributed by atoms with Crippen LogP contribution in [-0.4, -0.2) is 80.0 Å². The zero-order valence-electron chi connectivity index (χ0n) is 26.8. The van der Waals surface area contributed by atoms with Crippen molar-refractivity contribution in [2.75, 3.05) is 12.8 Å². The van der Waals surface area contributed by atoms with Crippen molar-refractivity contribution in [1.82, 2.24) is 20.6 Å². The number of carbonyl (C=O) groups excluding carboxylic acids is 4. The number of rotatable bonds is 12. The summed E-state index contributed by atoms with van der Waals surface area (Å²) in [7, 11) is -4.10. The summed E-state index contributed by atoms with van der Waals surface area (Å²) >= 11 is 1.35. The van der Waals surface area contributed by atoms with Gasteiger partial charge in [0, 0.05) is 17.3 Å². The number of benzene rings is 2.